The van der Waals surface area contributed by atoms with Crippen LogP contribution in [0.5, 0.6) is 0 Å². The molecule has 5 nitrogen and oxygen atoms in total. The molecule has 1 amide bonds. The van der Waals surface area contributed by atoms with Crippen LogP contribution >= 0.6 is 0 Å². The van der Waals surface area contributed by atoms with E-state index >= 15 is 0 Å². The van der Waals surface area contributed by atoms with Gasteiger partial charge in [0.2, 0.25) is 0 Å². The summed E-state index contributed by atoms with van der Waals surface area (Å²) in [6.07, 6.45) is -5.07. The molecule has 25 heavy (non-hydrogen) atoms. The molecule has 1 heterocycles. The van der Waals surface area contributed by atoms with Crippen molar-refractivity contribution in [2.24, 2.45) is 5.41 Å². The van der Waals surface area contributed by atoms with Crippen molar-refractivity contribution in [3.63, 3.8) is 0 Å². The molecule has 0 aromatic heterocycles. The summed E-state index contributed by atoms with van der Waals surface area (Å²) in [6.45, 7) is 0.507. The number of benzene rings is 1. The summed E-state index contributed by atoms with van der Waals surface area (Å²) in [5, 5.41) is 12.0. The molecular formula is C17H20F3NO4. The maximum absolute atomic E-state index is 12.4. The number of aryl methyl sites for hydroxylation is 1. The lowest BCUT2D eigenvalue weighted by molar-refractivity contribution is -0.154. The van der Waals surface area contributed by atoms with Gasteiger partial charge in [-0.1, -0.05) is 18.2 Å². The van der Waals surface area contributed by atoms with E-state index in [1.165, 1.54) is 12.1 Å². The predicted octanol–water partition coefficient (Wildman–Crippen LogP) is 2.79. The molecule has 0 bridgehead atoms. The summed E-state index contributed by atoms with van der Waals surface area (Å²) in [6, 6.07) is 6.05. The Morgan fingerprint density at radius 3 is 2.44 bits per heavy atom. The topological polar surface area (TPSA) is 75.6 Å². The van der Waals surface area contributed by atoms with Crippen LogP contribution in [0.4, 0.5) is 13.2 Å². The van der Waals surface area contributed by atoms with Crippen molar-refractivity contribution in [1.82, 2.24) is 5.32 Å². The van der Waals surface area contributed by atoms with Gasteiger partial charge in [0.25, 0.3) is 5.91 Å². The SMILES string of the molecule is O=C(NCC1(C(=O)O)CCOCC1)c1ccccc1CCC(F)(F)F. The van der Waals surface area contributed by atoms with Crippen molar-refractivity contribution in [3.05, 3.63) is 35.4 Å². The molecule has 1 saturated heterocycles. The highest BCUT2D eigenvalue weighted by Gasteiger charge is 2.40. The van der Waals surface area contributed by atoms with Gasteiger partial charge in [-0.05, 0) is 30.9 Å². The number of nitrogens with one attached hydrogen (secondary N) is 1. The summed E-state index contributed by atoms with van der Waals surface area (Å²) in [4.78, 5) is 24.0. The van der Waals surface area contributed by atoms with Crippen molar-refractivity contribution >= 4 is 11.9 Å². The quantitative estimate of drug-likeness (QED) is 0.819. The molecule has 0 atom stereocenters. The number of halogens is 3. The second-order valence-corrected chi connectivity index (χ2v) is 6.15. The molecule has 0 unspecified atom stereocenters. The van der Waals surface area contributed by atoms with Gasteiger partial charge in [0.15, 0.2) is 0 Å². The Labute approximate surface area is 143 Å². The maximum atomic E-state index is 12.4. The lowest BCUT2D eigenvalue weighted by Crippen LogP contribution is -2.46. The number of alkyl halides is 3. The number of carbonyl (C=O) groups excluding carboxylic acids is 1. The van der Waals surface area contributed by atoms with E-state index in [-0.39, 0.29) is 36.9 Å². The van der Waals surface area contributed by atoms with Crippen LogP contribution in [0.1, 0.15) is 35.2 Å². The van der Waals surface area contributed by atoms with Crippen molar-refractivity contribution in [1.29, 1.82) is 0 Å². The van der Waals surface area contributed by atoms with E-state index in [4.69, 9.17) is 4.74 Å². The van der Waals surface area contributed by atoms with Crippen molar-refractivity contribution in [2.45, 2.75) is 31.9 Å². The lowest BCUT2D eigenvalue weighted by Gasteiger charge is -2.33. The Morgan fingerprint density at radius 1 is 1.20 bits per heavy atom. The molecule has 1 aliphatic rings. The van der Waals surface area contributed by atoms with Gasteiger partial charge in [0.05, 0.1) is 5.41 Å². The van der Waals surface area contributed by atoms with Gasteiger partial charge < -0.3 is 15.2 Å². The molecule has 1 fully saturated rings. The predicted molar refractivity (Wildman–Crippen MR) is 83.3 cm³/mol. The van der Waals surface area contributed by atoms with Crippen LogP contribution in [0, 0.1) is 5.41 Å². The van der Waals surface area contributed by atoms with Gasteiger partial charge in [-0.2, -0.15) is 13.2 Å². The van der Waals surface area contributed by atoms with Crippen LogP contribution < -0.4 is 5.32 Å². The number of aliphatic carboxylic acids is 1. The Morgan fingerprint density at radius 2 is 1.84 bits per heavy atom. The summed E-state index contributed by atoms with van der Waals surface area (Å²) in [5.74, 6) is -1.58. The van der Waals surface area contributed by atoms with Gasteiger partial charge in [-0.25, -0.2) is 0 Å². The van der Waals surface area contributed by atoms with E-state index in [1.807, 2.05) is 0 Å². The average molecular weight is 359 g/mol. The molecule has 8 heteroatoms. The molecule has 0 radical (unpaired) electrons. The summed E-state index contributed by atoms with van der Waals surface area (Å²) in [7, 11) is 0. The number of amides is 1. The van der Waals surface area contributed by atoms with Crippen LogP contribution in [-0.2, 0) is 16.0 Å². The third-order valence-electron chi connectivity index (χ3n) is 4.43. The number of rotatable bonds is 6. The number of ether oxygens (including phenoxy) is 1. The van der Waals surface area contributed by atoms with Crippen LogP contribution in [0.3, 0.4) is 0 Å². The summed E-state index contributed by atoms with van der Waals surface area (Å²) >= 11 is 0. The van der Waals surface area contributed by atoms with E-state index in [0.29, 0.717) is 13.2 Å². The number of hydrogen-bond acceptors (Lipinski definition) is 3. The van der Waals surface area contributed by atoms with Crippen LogP contribution in [0.25, 0.3) is 0 Å². The van der Waals surface area contributed by atoms with E-state index in [9.17, 15) is 27.9 Å². The highest BCUT2D eigenvalue weighted by atomic mass is 19.4. The normalized spacial score (nSPS) is 17.1. The molecule has 1 aliphatic heterocycles. The molecule has 0 aliphatic carbocycles. The fourth-order valence-electron chi connectivity index (χ4n) is 2.81. The third kappa shape index (κ3) is 5.19. The molecular weight excluding hydrogens is 339 g/mol. The fourth-order valence-corrected chi connectivity index (χ4v) is 2.81. The second-order valence-electron chi connectivity index (χ2n) is 6.15. The first kappa shape index (κ1) is 19.2. The van der Waals surface area contributed by atoms with Crippen LogP contribution in [0.15, 0.2) is 24.3 Å². The van der Waals surface area contributed by atoms with Gasteiger partial charge in [-0.3, -0.25) is 9.59 Å². The van der Waals surface area contributed by atoms with Crippen molar-refractivity contribution in [2.75, 3.05) is 19.8 Å². The number of carbonyl (C=O) groups is 2. The molecule has 0 saturated carbocycles. The number of carboxylic acids is 1. The first-order chi connectivity index (χ1) is 11.7. The Bertz CT molecular complexity index is 625. The minimum Gasteiger partial charge on any atom is -0.481 e. The summed E-state index contributed by atoms with van der Waals surface area (Å²) < 4.78 is 42.4. The van der Waals surface area contributed by atoms with E-state index in [0.717, 1.165) is 0 Å². The standard InChI is InChI=1S/C17H20F3NO4/c18-17(19,20)6-5-12-3-1-2-4-13(12)14(22)21-11-16(15(23)24)7-9-25-10-8-16/h1-4H,5-11H2,(H,21,22)(H,23,24). The van der Waals surface area contributed by atoms with Gasteiger partial charge >= 0.3 is 12.1 Å². The first-order valence-electron chi connectivity index (χ1n) is 7.97. The highest BCUT2D eigenvalue weighted by Crippen LogP contribution is 2.30. The second kappa shape index (κ2) is 7.86. The van der Waals surface area contributed by atoms with E-state index in [2.05, 4.69) is 5.32 Å². The van der Waals surface area contributed by atoms with Crippen molar-refractivity contribution in [3.8, 4) is 0 Å². The first-order valence-corrected chi connectivity index (χ1v) is 7.97. The van der Waals surface area contributed by atoms with Crippen molar-refractivity contribution < 1.29 is 32.6 Å². The largest absolute Gasteiger partial charge is 0.481 e. The van der Waals surface area contributed by atoms with Gasteiger partial charge in [-0.15, -0.1) is 0 Å². The lowest BCUT2D eigenvalue weighted by atomic mass is 9.80. The Hall–Kier alpha value is -2.09. The van der Waals surface area contributed by atoms with E-state index in [1.54, 1.807) is 12.1 Å². The molecule has 0 spiro atoms. The Kier molecular flexibility index (Phi) is 6.05. The zero-order valence-electron chi connectivity index (χ0n) is 13.6. The van der Waals surface area contributed by atoms with Gasteiger partial charge in [0.1, 0.15) is 0 Å². The van der Waals surface area contributed by atoms with Gasteiger partial charge in [0, 0.05) is 31.7 Å². The summed E-state index contributed by atoms with van der Waals surface area (Å²) in [5.41, 5.74) is -0.678. The Balaban J connectivity index is 2.06. The highest BCUT2D eigenvalue weighted by molar-refractivity contribution is 5.96. The maximum Gasteiger partial charge on any atom is 0.389 e. The average Bonchev–Trinajstić information content (AvgIpc) is 2.58. The van der Waals surface area contributed by atoms with Crippen LogP contribution in [0.2, 0.25) is 0 Å². The van der Waals surface area contributed by atoms with E-state index < -0.39 is 29.9 Å². The minimum absolute atomic E-state index is 0.0852. The zero-order valence-corrected chi connectivity index (χ0v) is 13.6. The smallest absolute Gasteiger partial charge is 0.389 e. The fraction of sp³-hybridized carbons (Fsp3) is 0.529. The molecule has 138 valence electrons. The minimum atomic E-state index is -4.31. The molecule has 1 aromatic rings. The third-order valence-corrected chi connectivity index (χ3v) is 4.43. The molecule has 2 rings (SSSR count). The number of carboxylic acid groups (broad SMARTS) is 1. The zero-order chi connectivity index (χ0) is 18.5. The monoisotopic (exact) mass is 359 g/mol. The number of hydrogen-bond donors (Lipinski definition) is 2. The van der Waals surface area contributed by atoms with Crippen LogP contribution in [-0.4, -0.2) is 42.9 Å². The molecule has 2 N–H and O–H groups in total. The molecule has 1 aromatic carbocycles.